The van der Waals surface area contributed by atoms with E-state index >= 15 is 0 Å². The Kier molecular flexibility index (Phi) is 6.84. The number of carboxylic acids is 1. The SMILES string of the molecule is COc1cc(/C=C/C(=O)O)cc(OC)c1-c1ccc(OCc2ccccc2)c(C23CC4CC(CC(C4)C2)C3)c1. The minimum absolute atomic E-state index is 0.140. The van der Waals surface area contributed by atoms with E-state index in [0.717, 1.165) is 46.3 Å². The highest BCUT2D eigenvalue weighted by Gasteiger charge is 2.52. The van der Waals surface area contributed by atoms with Crippen molar-refractivity contribution in [2.24, 2.45) is 17.8 Å². The van der Waals surface area contributed by atoms with E-state index in [-0.39, 0.29) is 5.41 Å². The van der Waals surface area contributed by atoms with Gasteiger partial charge < -0.3 is 19.3 Å². The Hall–Kier alpha value is -3.73. The highest BCUT2D eigenvalue weighted by atomic mass is 16.5. The van der Waals surface area contributed by atoms with Gasteiger partial charge in [0.05, 0.1) is 19.8 Å². The van der Waals surface area contributed by atoms with Gasteiger partial charge >= 0.3 is 5.97 Å². The quantitative estimate of drug-likeness (QED) is 0.293. The molecule has 4 aliphatic carbocycles. The molecule has 0 saturated heterocycles. The molecule has 5 heteroatoms. The summed E-state index contributed by atoms with van der Waals surface area (Å²) in [6.45, 7) is 0.538. The molecule has 0 heterocycles. The first-order valence-electron chi connectivity index (χ1n) is 13.9. The maximum Gasteiger partial charge on any atom is 0.328 e. The summed E-state index contributed by atoms with van der Waals surface area (Å²) in [6, 6.07) is 20.6. The number of carboxylic acid groups (broad SMARTS) is 1. The number of ether oxygens (including phenoxy) is 3. The molecule has 4 saturated carbocycles. The summed E-state index contributed by atoms with van der Waals surface area (Å²) in [5.41, 5.74) is 5.21. The molecule has 1 N–H and O–H groups in total. The van der Waals surface area contributed by atoms with E-state index in [2.05, 4.69) is 42.5 Å². The van der Waals surface area contributed by atoms with Crippen molar-refractivity contribution >= 4 is 12.0 Å². The van der Waals surface area contributed by atoms with Crippen LogP contribution < -0.4 is 14.2 Å². The molecule has 3 aromatic rings. The lowest BCUT2D eigenvalue weighted by Crippen LogP contribution is -2.48. The average Bonchev–Trinajstić information content (AvgIpc) is 2.94. The second kappa shape index (κ2) is 10.4. The van der Waals surface area contributed by atoms with Gasteiger partial charge in [0.2, 0.25) is 0 Å². The summed E-state index contributed by atoms with van der Waals surface area (Å²) in [5, 5.41) is 9.09. The number of rotatable bonds is 9. The van der Waals surface area contributed by atoms with Crippen LogP contribution >= 0.6 is 0 Å². The van der Waals surface area contributed by atoms with Crippen molar-refractivity contribution in [2.75, 3.05) is 14.2 Å². The maximum absolute atomic E-state index is 11.1. The Labute approximate surface area is 230 Å². The molecule has 0 aromatic heterocycles. The summed E-state index contributed by atoms with van der Waals surface area (Å²) in [5.74, 6) is 3.71. The minimum Gasteiger partial charge on any atom is -0.496 e. The monoisotopic (exact) mass is 524 g/mol. The van der Waals surface area contributed by atoms with Crippen LogP contribution in [0.3, 0.4) is 0 Å². The molecule has 0 radical (unpaired) electrons. The second-order valence-electron chi connectivity index (χ2n) is 11.7. The number of benzene rings is 3. The largest absolute Gasteiger partial charge is 0.496 e. The fourth-order valence-electron chi connectivity index (χ4n) is 7.88. The van der Waals surface area contributed by atoms with Crippen molar-refractivity contribution in [3.05, 3.63) is 83.4 Å². The second-order valence-corrected chi connectivity index (χ2v) is 11.7. The summed E-state index contributed by atoms with van der Waals surface area (Å²) in [7, 11) is 3.28. The number of aliphatic carboxylic acids is 1. The number of hydrogen-bond donors (Lipinski definition) is 1. The van der Waals surface area contributed by atoms with Gasteiger partial charge in [0.15, 0.2) is 0 Å². The zero-order valence-electron chi connectivity index (χ0n) is 22.7. The molecule has 0 unspecified atom stereocenters. The molecule has 0 spiro atoms. The molecule has 0 amide bonds. The van der Waals surface area contributed by atoms with Crippen LogP contribution in [0.5, 0.6) is 17.2 Å². The van der Waals surface area contributed by atoms with Gasteiger partial charge in [-0.3, -0.25) is 0 Å². The Bertz CT molecular complexity index is 1330. The predicted molar refractivity (Wildman–Crippen MR) is 152 cm³/mol. The smallest absolute Gasteiger partial charge is 0.328 e. The maximum atomic E-state index is 11.1. The van der Waals surface area contributed by atoms with Crippen LogP contribution in [0.25, 0.3) is 17.2 Å². The highest BCUT2D eigenvalue weighted by Crippen LogP contribution is 2.62. The molecule has 202 valence electrons. The van der Waals surface area contributed by atoms with Gasteiger partial charge in [-0.15, -0.1) is 0 Å². The molecular formula is C34H36O5. The predicted octanol–water partition coefficient (Wildman–Crippen LogP) is 7.52. The van der Waals surface area contributed by atoms with Crippen molar-refractivity contribution < 1.29 is 24.1 Å². The van der Waals surface area contributed by atoms with Gasteiger partial charge in [-0.2, -0.15) is 0 Å². The molecular weight excluding hydrogens is 488 g/mol. The Morgan fingerprint density at radius 1 is 0.872 bits per heavy atom. The first kappa shape index (κ1) is 25.5. The number of methoxy groups -OCH3 is 2. The third kappa shape index (κ3) is 5.03. The topological polar surface area (TPSA) is 65.0 Å². The van der Waals surface area contributed by atoms with Gasteiger partial charge in [0, 0.05) is 11.6 Å². The highest BCUT2D eigenvalue weighted by molar-refractivity contribution is 5.87. The minimum atomic E-state index is -0.997. The Balaban J connectivity index is 1.44. The summed E-state index contributed by atoms with van der Waals surface area (Å²) in [6.07, 6.45) is 10.5. The van der Waals surface area contributed by atoms with Crippen molar-refractivity contribution in [1.82, 2.24) is 0 Å². The van der Waals surface area contributed by atoms with E-state index in [4.69, 9.17) is 19.3 Å². The van der Waals surface area contributed by atoms with E-state index in [1.807, 2.05) is 18.2 Å². The molecule has 0 atom stereocenters. The number of hydrogen-bond acceptors (Lipinski definition) is 4. The van der Waals surface area contributed by atoms with Crippen molar-refractivity contribution in [2.45, 2.75) is 50.5 Å². The van der Waals surface area contributed by atoms with Crippen LogP contribution in [-0.2, 0) is 16.8 Å². The van der Waals surface area contributed by atoms with Crippen molar-refractivity contribution in [3.8, 4) is 28.4 Å². The molecule has 4 aliphatic rings. The molecule has 5 nitrogen and oxygen atoms in total. The van der Waals surface area contributed by atoms with Gasteiger partial charge in [0.25, 0.3) is 0 Å². The Morgan fingerprint density at radius 2 is 1.49 bits per heavy atom. The zero-order chi connectivity index (χ0) is 27.0. The van der Waals surface area contributed by atoms with Crippen LogP contribution in [-0.4, -0.2) is 25.3 Å². The lowest BCUT2D eigenvalue weighted by Gasteiger charge is -2.57. The van der Waals surface area contributed by atoms with Crippen LogP contribution in [0, 0.1) is 17.8 Å². The molecule has 3 aromatic carbocycles. The first-order chi connectivity index (χ1) is 19.0. The van der Waals surface area contributed by atoms with E-state index in [9.17, 15) is 4.79 Å². The van der Waals surface area contributed by atoms with Gasteiger partial charge in [-0.1, -0.05) is 36.4 Å². The molecule has 0 aliphatic heterocycles. The fraction of sp³-hybridized carbons (Fsp3) is 0.382. The van der Waals surface area contributed by atoms with Crippen LogP contribution in [0.2, 0.25) is 0 Å². The van der Waals surface area contributed by atoms with E-state index in [1.54, 1.807) is 20.3 Å². The lowest BCUT2D eigenvalue weighted by molar-refractivity contribution is -0.131. The number of carbonyl (C=O) groups is 1. The van der Waals surface area contributed by atoms with Crippen molar-refractivity contribution in [1.29, 1.82) is 0 Å². The van der Waals surface area contributed by atoms with Crippen molar-refractivity contribution in [3.63, 3.8) is 0 Å². The molecule has 4 bridgehead atoms. The van der Waals surface area contributed by atoms with Crippen LogP contribution in [0.4, 0.5) is 0 Å². The van der Waals surface area contributed by atoms with Crippen LogP contribution in [0.15, 0.2) is 66.7 Å². The summed E-state index contributed by atoms with van der Waals surface area (Å²) >= 11 is 0. The Morgan fingerprint density at radius 3 is 2.05 bits per heavy atom. The first-order valence-corrected chi connectivity index (χ1v) is 13.9. The van der Waals surface area contributed by atoms with Gasteiger partial charge in [-0.25, -0.2) is 4.79 Å². The van der Waals surface area contributed by atoms with Gasteiger partial charge in [-0.05, 0) is 109 Å². The standard InChI is InChI=1S/C34H36O5/c1-37-30-15-23(8-11-32(35)36)16-31(38-2)33(30)27-9-10-29(39-21-22-6-4-3-5-7-22)28(17-27)34-18-24-12-25(19-34)14-26(13-24)20-34/h3-11,15-17,24-26H,12-14,18-21H2,1-2H3,(H,35,36)/b11-8+. The van der Waals surface area contributed by atoms with Gasteiger partial charge in [0.1, 0.15) is 23.9 Å². The van der Waals surface area contributed by atoms with E-state index in [0.29, 0.717) is 23.7 Å². The molecule has 39 heavy (non-hydrogen) atoms. The molecule has 4 fully saturated rings. The summed E-state index contributed by atoms with van der Waals surface area (Å²) < 4.78 is 18.2. The van der Waals surface area contributed by atoms with E-state index < -0.39 is 5.97 Å². The fourth-order valence-corrected chi connectivity index (χ4v) is 7.88. The van der Waals surface area contributed by atoms with E-state index in [1.165, 1.54) is 44.1 Å². The zero-order valence-corrected chi connectivity index (χ0v) is 22.7. The normalized spacial score (nSPS) is 25.1. The average molecular weight is 525 g/mol. The van der Waals surface area contributed by atoms with Crippen LogP contribution in [0.1, 0.15) is 55.2 Å². The third-order valence-electron chi connectivity index (χ3n) is 9.06. The lowest BCUT2D eigenvalue weighted by atomic mass is 9.48. The third-order valence-corrected chi connectivity index (χ3v) is 9.06. The summed E-state index contributed by atoms with van der Waals surface area (Å²) in [4.78, 5) is 11.1. The molecule has 7 rings (SSSR count).